The summed E-state index contributed by atoms with van der Waals surface area (Å²) in [5.41, 5.74) is 3.12. The van der Waals surface area contributed by atoms with E-state index in [1.54, 1.807) is 11.1 Å². The fourth-order valence-electron chi connectivity index (χ4n) is 3.51. The molecule has 16 heavy (non-hydrogen) atoms. The van der Waals surface area contributed by atoms with Gasteiger partial charge in [-0.25, -0.2) is 0 Å². The van der Waals surface area contributed by atoms with Crippen LogP contribution in [0.5, 0.6) is 0 Å². The van der Waals surface area contributed by atoms with Crippen molar-refractivity contribution in [2.24, 2.45) is 11.8 Å². The van der Waals surface area contributed by atoms with Crippen LogP contribution in [-0.2, 0) is 6.42 Å². The van der Waals surface area contributed by atoms with Crippen LogP contribution >= 0.6 is 15.9 Å². The number of fused-ring (bicyclic) bond motifs is 1. The Morgan fingerprint density at radius 1 is 1.12 bits per heavy atom. The minimum Gasteiger partial charge on any atom is -0.0836 e. The molecule has 2 atom stereocenters. The summed E-state index contributed by atoms with van der Waals surface area (Å²) in [6.07, 6.45) is 8.63. The summed E-state index contributed by atoms with van der Waals surface area (Å²) in [6.45, 7) is 0. The van der Waals surface area contributed by atoms with Crippen molar-refractivity contribution in [2.75, 3.05) is 0 Å². The molecule has 0 nitrogen and oxygen atoms in total. The second-order valence-electron chi connectivity index (χ2n) is 5.45. The largest absolute Gasteiger partial charge is 0.0836 e. The van der Waals surface area contributed by atoms with Crippen molar-refractivity contribution in [3.05, 3.63) is 35.4 Å². The molecule has 0 saturated heterocycles. The van der Waals surface area contributed by atoms with Gasteiger partial charge in [-0.1, -0.05) is 65.9 Å². The molecule has 2 aliphatic carbocycles. The molecule has 2 aliphatic rings. The van der Waals surface area contributed by atoms with E-state index in [0.29, 0.717) is 4.83 Å². The van der Waals surface area contributed by atoms with E-state index < -0.39 is 0 Å². The second kappa shape index (κ2) is 4.52. The minimum atomic E-state index is 0.615. The van der Waals surface area contributed by atoms with Crippen LogP contribution in [0.4, 0.5) is 0 Å². The summed E-state index contributed by atoms with van der Waals surface area (Å²) in [5, 5.41) is 0. The van der Waals surface area contributed by atoms with E-state index in [2.05, 4.69) is 40.2 Å². The molecule has 0 aliphatic heterocycles. The van der Waals surface area contributed by atoms with Gasteiger partial charge in [0.15, 0.2) is 0 Å². The highest BCUT2D eigenvalue weighted by Crippen LogP contribution is 2.46. The lowest BCUT2D eigenvalue weighted by Gasteiger charge is -2.18. The zero-order chi connectivity index (χ0) is 11.0. The van der Waals surface area contributed by atoms with Crippen LogP contribution in [0.3, 0.4) is 0 Å². The third-order valence-electron chi connectivity index (χ3n) is 4.36. The predicted molar refractivity (Wildman–Crippen MR) is 71.9 cm³/mol. The standard InChI is InChI=1S/C15H19Br/c16-15-13(9-11-5-1-2-6-11)10-12-7-3-4-8-14(12)15/h3-4,7-8,11,13,15H,1-2,5-6,9-10H2. The molecule has 2 unspecified atom stereocenters. The fourth-order valence-corrected chi connectivity index (χ4v) is 4.36. The molecule has 1 fully saturated rings. The van der Waals surface area contributed by atoms with Crippen LogP contribution in [0, 0.1) is 11.8 Å². The first-order chi connectivity index (χ1) is 7.84. The summed E-state index contributed by atoms with van der Waals surface area (Å²) in [5.74, 6) is 1.86. The maximum Gasteiger partial charge on any atom is 0.0429 e. The first-order valence-corrected chi connectivity index (χ1v) is 7.48. The molecule has 86 valence electrons. The van der Waals surface area contributed by atoms with Crippen molar-refractivity contribution in [1.29, 1.82) is 0 Å². The lowest BCUT2D eigenvalue weighted by Crippen LogP contribution is -2.08. The van der Waals surface area contributed by atoms with Crippen molar-refractivity contribution in [3.63, 3.8) is 0 Å². The van der Waals surface area contributed by atoms with Crippen LogP contribution in [0.15, 0.2) is 24.3 Å². The molecular formula is C15H19Br. The van der Waals surface area contributed by atoms with E-state index in [4.69, 9.17) is 0 Å². The van der Waals surface area contributed by atoms with Gasteiger partial charge >= 0.3 is 0 Å². The molecule has 0 spiro atoms. The second-order valence-corrected chi connectivity index (χ2v) is 6.44. The molecule has 1 saturated carbocycles. The Kier molecular flexibility index (Phi) is 3.06. The monoisotopic (exact) mass is 278 g/mol. The molecule has 0 N–H and O–H groups in total. The van der Waals surface area contributed by atoms with Gasteiger partial charge in [0.05, 0.1) is 0 Å². The maximum atomic E-state index is 3.91. The van der Waals surface area contributed by atoms with Crippen molar-refractivity contribution < 1.29 is 0 Å². The number of alkyl halides is 1. The van der Waals surface area contributed by atoms with Crippen molar-refractivity contribution in [3.8, 4) is 0 Å². The van der Waals surface area contributed by atoms with Crippen LogP contribution < -0.4 is 0 Å². The zero-order valence-corrected chi connectivity index (χ0v) is 11.2. The molecule has 0 heterocycles. The molecule has 0 bridgehead atoms. The molecular weight excluding hydrogens is 260 g/mol. The molecule has 0 radical (unpaired) electrons. The Morgan fingerprint density at radius 2 is 1.88 bits per heavy atom. The van der Waals surface area contributed by atoms with Gasteiger partial charge in [0.25, 0.3) is 0 Å². The Morgan fingerprint density at radius 3 is 2.62 bits per heavy atom. The Bertz CT molecular complexity index is 365. The van der Waals surface area contributed by atoms with Crippen LogP contribution in [0.1, 0.15) is 48.1 Å². The summed E-state index contributed by atoms with van der Waals surface area (Å²) >= 11 is 3.91. The van der Waals surface area contributed by atoms with Gasteiger partial charge in [-0.15, -0.1) is 0 Å². The van der Waals surface area contributed by atoms with Gasteiger partial charge in [0, 0.05) is 4.83 Å². The van der Waals surface area contributed by atoms with Gasteiger partial charge in [0.1, 0.15) is 0 Å². The van der Waals surface area contributed by atoms with Crippen LogP contribution in [-0.4, -0.2) is 0 Å². The smallest absolute Gasteiger partial charge is 0.0429 e. The first kappa shape index (κ1) is 10.8. The summed E-state index contributed by atoms with van der Waals surface area (Å²) in [7, 11) is 0. The summed E-state index contributed by atoms with van der Waals surface area (Å²) in [4.78, 5) is 0.615. The number of halogens is 1. The lowest BCUT2D eigenvalue weighted by atomic mass is 9.91. The van der Waals surface area contributed by atoms with Crippen LogP contribution in [0.2, 0.25) is 0 Å². The summed E-state index contributed by atoms with van der Waals surface area (Å²) in [6, 6.07) is 8.95. The topological polar surface area (TPSA) is 0 Å². The van der Waals surface area contributed by atoms with Crippen molar-refractivity contribution in [2.45, 2.75) is 43.4 Å². The zero-order valence-electron chi connectivity index (χ0n) is 9.66. The first-order valence-electron chi connectivity index (χ1n) is 6.56. The van der Waals surface area contributed by atoms with E-state index >= 15 is 0 Å². The highest BCUT2D eigenvalue weighted by Gasteiger charge is 2.32. The molecule has 0 aromatic heterocycles. The van der Waals surface area contributed by atoms with Gasteiger partial charge in [0.2, 0.25) is 0 Å². The number of hydrogen-bond donors (Lipinski definition) is 0. The minimum absolute atomic E-state index is 0.615. The SMILES string of the molecule is BrC1c2ccccc2CC1CC1CCCC1. The van der Waals surface area contributed by atoms with E-state index in [1.165, 1.54) is 38.5 Å². The van der Waals surface area contributed by atoms with Crippen LogP contribution in [0.25, 0.3) is 0 Å². The van der Waals surface area contributed by atoms with Crippen molar-refractivity contribution >= 4 is 15.9 Å². The average molecular weight is 279 g/mol. The third kappa shape index (κ3) is 1.95. The molecule has 1 heteroatoms. The van der Waals surface area contributed by atoms with E-state index in [-0.39, 0.29) is 0 Å². The molecule has 1 aromatic carbocycles. The van der Waals surface area contributed by atoms with E-state index in [0.717, 1.165) is 11.8 Å². The predicted octanol–water partition coefficient (Wildman–Crippen LogP) is 4.88. The number of benzene rings is 1. The molecule has 1 aromatic rings. The van der Waals surface area contributed by atoms with E-state index in [9.17, 15) is 0 Å². The molecule has 3 rings (SSSR count). The van der Waals surface area contributed by atoms with Gasteiger partial charge in [-0.2, -0.15) is 0 Å². The molecule has 0 amide bonds. The Labute approximate surface area is 107 Å². The lowest BCUT2D eigenvalue weighted by molar-refractivity contribution is 0.385. The number of rotatable bonds is 2. The maximum absolute atomic E-state index is 3.91. The highest BCUT2D eigenvalue weighted by atomic mass is 79.9. The van der Waals surface area contributed by atoms with Gasteiger partial charge in [-0.3, -0.25) is 0 Å². The quantitative estimate of drug-likeness (QED) is 0.677. The average Bonchev–Trinajstić information content (AvgIpc) is 2.90. The van der Waals surface area contributed by atoms with Gasteiger partial charge < -0.3 is 0 Å². The summed E-state index contributed by atoms with van der Waals surface area (Å²) < 4.78 is 0. The third-order valence-corrected chi connectivity index (χ3v) is 5.60. The van der Waals surface area contributed by atoms with E-state index in [1.807, 2.05) is 0 Å². The fraction of sp³-hybridized carbons (Fsp3) is 0.600. The van der Waals surface area contributed by atoms with Gasteiger partial charge in [-0.05, 0) is 35.8 Å². The van der Waals surface area contributed by atoms with Crippen molar-refractivity contribution in [1.82, 2.24) is 0 Å². The Hall–Kier alpha value is -0.300. The highest BCUT2D eigenvalue weighted by molar-refractivity contribution is 9.09. The Balaban J connectivity index is 1.71. The normalized spacial score (nSPS) is 29.6. The number of hydrogen-bond acceptors (Lipinski definition) is 0.